The monoisotopic (exact) mass is 485 g/mol. The summed E-state index contributed by atoms with van der Waals surface area (Å²) < 4.78 is 12.2. The van der Waals surface area contributed by atoms with E-state index in [1.54, 1.807) is 34.2 Å². The number of para-hydroxylation sites is 1. The van der Waals surface area contributed by atoms with Crippen LogP contribution in [0.5, 0.6) is 5.75 Å². The molecule has 1 N–H and O–H groups in total. The summed E-state index contributed by atoms with van der Waals surface area (Å²) in [6, 6.07) is 18.2. The van der Waals surface area contributed by atoms with Crippen molar-refractivity contribution in [3.05, 3.63) is 89.4 Å². The molecule has 1 aliphatic rings. The number of fused-ring (bicyclic) bond motifs is 1. The van der Waals surface area contributed by atoms with E-state index in [4.69, 9.17) is 9.47 Å². The number of amides is 1. The largest absolute Gasteiger partial charge is 0.482 e. The number of nitrogens with one attached hydrogen (secondary N) is 1. The van der Waals surface area contributed by atoms with E-state index in [2.05, 4.69) is 10.4 Å². The molecular weight excluding hydrogens is 466 g/mol. The lowest BCUT2D eigenvalue weighted by atomic mass is 10.1. The minimum absolute atomic E-state index is 0.0668. The number of benzene rings is 2. The van der Waals surface area contributed by atoms with E-state index in [-0.39, 0.29) is 12.5 Å². The van der Waals surface area contributed by atoms with Crippen molar-refractivity contribution in [3.8, 4) is 22.0 Å². The highest BCUT2D eigenvalue weighted by Gasteiger charge is 2.18. The summed E-state index contributed by atoms with van der Waals surface area (Å²) in [6.07, 6.45) is 4.74. The number of Topliss-reactive ketones (excluding diaryl/α,β-unsaturated/α-hetero) is 1. The smallest absolute Gasteiger partial charge is 0.331 e. The fourth-order valence-corrected chi connectivity index (χ4v) is 4.24. The van der Waals surface area contributed by atoms with Crippen molar-refractivity contribution in [2.24, 2.45) is 0 Å². The zero-order valence-electron chi connectivity index (χ0n) is 18.3. The van der Waals surface area contributed by atoms with E-state index in [9.17, 15) is 14.4 Å². The molecule has 2 aromatic heterocycles. The Balaban J connectivity index is 1.27. The van der Waals surface area contributed by atoms with Gasteiger partial charge in [0.15, 0.2) is 19.0 Å². The van der Waals surface area contributed by atoms with Crippen LogP contribution in [-0.2, 0) is 14.3 Å². The number of aromatic nitrogens is 2. The van der Waals surface area contributed by atoms with Crippen LogP contribution in [0.2, 0.25) is 0 Å². The third kappa shape index (κ3) is 5.04. The maximum Gasteiger partial charge on any atom is 0.331 e. The molecule has 35 heavy (non-hydrogen) atoms. The van der Waals surface area contributed by atoms with Gasteiger partial charge in [-0.25, -0.2) is 9.48 Å². The first-order valence-electron chi connectivity index (χ1n) is 10.7. The number of nitrogens with zero attached hydrogens (tertiary/aromatic N) is 2. The second kappa shape index (κ2) is 9.78. The number of thiophene rings is 1. The number of hydrogen-bond acceptors (Lipinski definition) is 7. The Kier molecular flexibility index (Phi) is 6.23. The van der Waals surface area contributed by atoms with Crippen LogP contribution < -0.4 is 10.1 Å². The molecule has 0 radical (unpaired) electrons. The summed E-state index contributed by atoms with van der Waals surface area (Å²) in [6.45, 7) is -0.499. The third-order valence-electron chi connectivity index (χ3n) is 5.20. The summed E-state index contributed by atoms with van der Waals surface area (Å²) >= 11 is 1.55. The van der Waals surface area contributed by atoms with Crippen molar-refractivity contribution < 1.29 is 23.9 Å². The zero-order chi connectivity index (χ0) is 24.2. The fraction of sp³-hybridized carbons (Fsp3) is 0.0769. The Morgan fingerprint density at radius 3 is 2.80 bits per heavy atom. The predicted octanol–water partition coefficient (Wildman–Crippen LogP) is 4.37. The summed E-state index contributed by atoms with van der Waals surface area (Å²) in [5.41, 5.74) is 3.09. The summed E-state index contributed by atoms with van der Waals surface area (Å²) in [4.78, 5) is 37.3. The quantitative estimate of drug-likeness (QED) is 0.237. The highest BCUT2D eigenvalue weighted by atomic mass is 32.1. The maximum atomic E-state index is 12.5. The van der Waals surface area contributed by atoms with Crippen molar-refractivity contribution in [2.45, 2.75) is 0 Å². The molecule has 0 spiro atoms. The molecule has 0 saturated carbocycles. The van der Waals surface area contributed by atoms with Crippen LogP contribution >= 0.6 is 11.3 Å². The third-order valence-corrected chi connectivity index (χ3v) is 6.07. The molecule has 0 aliphatic carbocycles. The minimum Gasteiger partial charge on any atom is -0.482 e. The number of carbonyl (C=O) groups excluding carboxylic acids is 3. The van der Waals surface area contributed by atoms with Gasteiger partial charge in [0.25, 0.3) is 5.91 Å². The van der Waals surface area contributed by atoms with Crippen LogP contribution in [0.1, 0.15) is 15.9 Å². The molecule has 0 atom stereocenters. The molecule has 1 amide bonds. The first kappa shape index (κ1) is 22.3. The van der Waals surface area contributed by atoms with Gasteiger partial charge in [0.2, 0.25) is 0 Å². The van der Waals surface area contributed by atoms with E-state index in [0.717, 1.165) is 21.8 Å². The van der Waals surface area contributed by atoms with Gasteiger partial charge in [-0.05, 0) is 47.9 Å². The Bertz CT molecular complexity index is 1420. The van der Waals surface area contributed by atoms with Gasteiger partial charge in [0.05, 0.1) is 16.3 Å². The van der Waals surface area contributed by atoms with Crippen LogP contribution in [-0.4, -0.2) is 40.7 Å². The molecule has 0 saturated heterocycles. The van der Waals surface area contributed by atoms with Gasteiger partial charge in [-0.3, -0.25) is 9.59 Å². The van der Waals surface area contributed by atoms with E-state index in [0.29, 0.717) is 17.0 Å². The van der Waals surface area contributed by atoms with E-state index >= 15 is 0 Å². The highest BCUT2D eigenvalue weighted by molar-refractivity contribution is 7.13. The van der Waals surface area contributed by atoms with Gasteiger partial charge >= 0.3 is 5.97 Å². The Hall–Kier alpha value is -4.50. The second-order valence-corrected chi connectivity index (χ2v) is 8.55. The van der Waals surface area contributed by atoms with E-state index < -0.39 is 18.4 Å². The lowest BCUT2D eigenvalue weighted by molar-refractivity contribution is -0.136. The van der Waals surface area contributed by atoms with Gasteiger partial charge in [-0.15, -0.1) is 11.3 Å². The van der Waals surface area contributed by atoms with Crippen LogP contribution in [0.4, 0.5) is 5.69 Å². The first-order chi connectivity index (χ1) is 17.1. The molecule has 174 valence electrons. The Morgan fingerprint density at radius 1 is 1.14 bits per heavy atom. The number of rotatable bonds is 7. The number of ether oxygens (including phenoxy) is 2. The average molecular weight is 486 g/mol. The van der Waals surface area contributed by atoms with E-state index in [1.165, 1.54) is 12.1 Å². The number of hydrogen-bond donors (Lipinski definition) is 1. The molecule has 2 aromatic carbocycles. The van der Waals surface area contributed by atoms with Crippen LogP contribution in [0, 0.1) is 0 Å². The first-order valence-corrected chi connectivity index (χ1v) is 11.6. The van der Waals surface area contributed by atoms with Crippen LogP contribution in [0.3, 0.4) is 0 Å². The van der Waals surface area contributed by atoms with Crippen LogP contribution in [0.25, 0.3) is 22.3 Å². The van der Waals surface area contributed by atoms with Gasteiger partial charge in [-0.1, -0.05) is 24.3 Å². The number of ketones is 1. The van der Waals surface area contributed by atoms with Gasteiger partial charge in [-0.2, -0.15) is 5.10 Å². The van der Waals surface area contributed by atoms with Crippen molar-refractivity contribution in [2.75, 3.05) is 18.5 Å². The van der Waals surface area contributed by atoms with Gasteiger partial charge < -0.3 is 14.8 Å². The Labute approximate surface area is 204 Å². The Morgan fingerprint density at radius 2 is 2.00 bits per heavy atom. The molecule has 0 bridgehead atoms. The lowest BCUT2D eigenvalue weighted by Gasteiger charge is -2.18. The van der Waals surface area contributed by atoms with Crippen molar-refractivity contribution in [1.82, 2.24) is 9.78 Å². The van der Waals surface area contributed by atoms with Gasteiger partial charge in [0.1, 0.15) is 11.4 Å². The van der Waals surface area contributed by atoms with E-state index in [1.807, 2.05) is 54.0 Å². The summed E-state index contributed by atoms with van der Waals surface area (Å²) in [7, 11) is 0. The molecule has 8 nitrogen and oxygen atoms in total. The topological polar surface area (TPSA) is 99.5 Å². The molecule has 9 heteroatoms. The average Bonchev–Trinajstić information content (AvgIpc) is 3.56. The number of anilines is 1. The predicted molar refractivity (Wildman–Crippen MR) is 132 cm³/mol. The van der Waals surface area contributed by atoms with Crippen molar-refractivity contribution >= 4 is 40.8 Å². The molecule has 4 aromatic rings. The highest BCUT2D eigenvalue weighted by Crippen LogP contribution is 2.29. The normalized spacial score (nSPS) is 12.6. The number of esters is 1. The molecule has 3 heterocycles. The van der Waals surface area contributed by atoms with Crippen molar-refractivity contribution in [3.63, 3.8) is 0 Å². The molecule has 0 unspecified atom stereocenters. The second-order valence-electron chi connectivity index (χ2n) is 7.60. The standard InChI is InChI=1S/C26H19N3O5S/c30-21(17-8-10-22-20(13-17)27-24(31)16-33-22)15-34-25(32)11-9-18-14-29(19-5-2-1-3-6-19)28-26(18)23-7-4-12-35-23/h1-14H,15-16H2,(H,27,31)/b11-9+. The van der Waals surface area contributed by atoms with Crippen molar-refractivity contribution in [1.29, 1.82) is 0 Å². The zero-order valence-corrected chi connectivity index (χ0v) is 19.2. The molecule has 1 aliphatic heterocycles. The molecular formula is C26H19N3O5S. The fourth-order valence-electron chi connectivity index (χ4n) is 3.51. The minimum atomic E-state index is -0.655. The molecule has 5 rings (SSSR count). The van der Waals surface area contributed by atoms with Gasteiger partial charge in [0, 0.05) is 23.4 Å². The lowest BCUT2D eigenvalue weighted by Crippen LogP contribution is -2.25. The summed E-state index contributed by atoms with van der Waals surface area (Å²) in [5, 5.41) is 9.29. The number of carbonyl (C=O) groups is 3. The van der Waals surface area contributed by atoms with Crippen LogP contribution in [0.15, 0.2) is 78.3 Å². The SMILES string of the molecule is O=C1COc2ccc(C(=O)COC(=O)/C=C/c3cn(-c4ccccc4)nc3-c3cccs3)cc2N1. The molecule has 0 fully saturated rings. The maximum absolute atomic E-state index is 12.5. The summed E-state index contributed by atoms with van der Waals surface area (Å²) in [5.74, 6) is -0.863.